The predicted molar refractivity (Wildman–Crippen MR) is 142 cm³/mol. The maximum absolute atomic E-state index is 13.5. The van der Waals surface area contributed by atoms with Gasteiger partial charge in [-0.05, 0) is 35.9 Å². The van der Waals surface area contributed by atoms with Crippen LogP contribution in [0.2, 0.25) is 0 Å². The molecule has 180 valence electrons. The number of amidine groups is 1. The molecule has 2 heterocycles. The molecule has 0 N–H and O–H groups in total. The molecule has 0 bridgehead atoms. The van der Waals surface area contributed by atoms with E-state index in [2.05, 4.69) is 10.1 Å². The molecular formula is C28H23N3O4S. The van der Waals surface area contributed by atoms with Crippen LogP contribution in [-0.2, 0) is 10.5 Å². The summed E-state index contributed by atoms with van der Waals surface area (Å²) in [6.45, 7) is 0. The van der Waals surface area contributed by atoms with Gasteiger partial charge >= 0.3 is 0 Å². The zero-order valence-electron chi connectivity index (χ0n) is 19.8. The Balaban J connectivity index is 1.43. The van der Waals surface area contributed by atoms with Crippen molar-refractivity contribution in [1.82, 2.24) is 5.16 Å². The number of carbonyl (C=O) groups is 1. The van der Waals surface area contributed by atoms with Gasteiger partial charge in [-0.2, -0.15) is 0 Å². The summed E-state index contributed by atoms with van der Waals surface area (Å²) >= 11 is 1.42. The van der Waals surface area contributed by atoms with Crippen LogP contribution in [0.25, 0.3) is 17.4 Å². The van der Waals surface area contributed by atoms with Crippen LogP contribution in [0.1, 0.15) is 11.3 Å². The molecule has 8 heteroatoms. The quantitative estimate of drug-likeness (QED) is 0.290. The first-order valence-electron chi connectivity index (χ1n) is 11.2. The van der Waals surface area contributed by atoms with Crippen LogP contribution >= 0.6 is 11.8 Å². The van der Waals surface area contributed by atoms with Crippen molar-refractivity contribution < 1.29 is 18.8 Å². The molecule has 0 fully saturated rings. The minimum Gasteiger partial charge on any atom is -0.497 e. The number of hydrogen-bond acceptors (Lipinski definition) is 7. The van der Waals surface area contributed by atoms with Gasteiger partial charge in [0.15, 0.2) is 10.9 Å². The number of carbonyl (C=O) groups excluding carboxylic acids is 1. The second-order valence-corrected chi connectivity index (χ2v) is 8.82. The van der Waals surface area contributed by atoms with Gasteiger partial charge in [0, 0.05) is 23.4 Å². The number of amides is 1. The van der Waals surface area contributed by atoms with Gasteiger partial charge in [-0.3, -0.25) is 9.69 Å². The number of rotatable bonds is 7. The summed E-state index contributed by atoms with van der Waals surface area (Å²) in [6.07, 6.45) is 1.77. The summed E-state index contributed by atoms with van der Waals surface area (Å²) in [5.41, 5.74) is 3.58. The first-order chi connectivity index (χ1) is 17.6. The van der Waals surface area contributed by atoms with E-state index in [9.17, 15) is 4.79 Å². The highest BCUT2D eigenvalue weighted by Crippen LogP contribution is 2.33. The first kappa shape index (κ1) is 23.4. The smallest absolute Gasteiger partial charge is 0.283 e. The van der Waals surface area contributed by atoms with Crippen LogP contribution in [0, 0.1) is 0 Å². The van der Waals surface area contributed by atoms with Crippen molar-refractivity contribution in [1.29, 1.82) is 0 Å². The maximum Gasteiger partial charge on any atom is 0.283 e. The van der Waals surface area contributed by atoms with E-state index in [1.165, 1.54) is 11.8 Å². The van der Waals surface area contributed by atoms with E-state index < -0.39 is 0 Å². The lowest BCUT2D eigenvalue weighted by Crippen LogP contribution is -2.30. The van der Waals surface area contributed by atoms with Crippen molar-refractivity contribution in [2.75, 3.05) is 19.1 Å². The molecule has 1 aromatic heterocycles. The normalized spacial score (nSPS) is 14.3. The van der Waals surface area contributed by atoms with Crippen LogP contribution in [0.3, 0.4) is 0 Å². The van der Waals surface area contributed by atoms with Gasteiger partial charge in [0.25, 0.3) is 5.91 Å². The highest BCUT2D eigenvalue weighted by molar-refractivity contribution is 8.13. The third-order valence-corrected chi connectivity index (χ3v) is 6.50. The average Bonchev–Trinajstić information content (AvgIpc) is 3.53. The van der Waals surface area contributed by atoms with E-state index in [0.29, 0.717) is 33.8 Å². The minimum absolute atomic E-state index is 0.216. The van der Waals surface area contributed by atoms with E-state index in [1.807, 2.05) is 84.9 Å². The third-order valence-electron chi connectivity index (χ3n) is 5.53. The first-order valence-corrected chi connectivity index (χ1v) is 12.2. The number of thioether (sulfide) groups is 1. The molecule has 0 aliphatic carbocycles. The van der Waals surface area contributed by atoms with Crippen molar-refractivity contribution in [3.8, 4) is 22.8 Å². The van der Waals surface area contributed by atoms with Gasteiger partial charge in [0.2, 0.25) is 0 Å². The van der Waals surface area contributed by atoms with E-state index >= 15 is 0 Å². The molecule has 1 amide bonds. The maximum atomic E-state index is 13.5. The molecule has 0 saturated heterocycles. The minimum atomic E-state index is -0.216. The molecule has 3 aromatic carbocycles. The number of aliphatic imine (C=N–C) groups is 1. The third kappa shape index (κ3) is 5.04. The molecule has 36 heavy (non-hydrogen) atoms. The largest absolute Gasteiger partial charge is 0.497 e. The van der Waals surface area contributed by atoms with Crippen molar-refractivity contribution in [2.45, 2.75) is 5.75 Å². The molecule has 0 spiro atoms. The fourth-order valence-electron chi connectivity index (χ4n) is 3.69. The lowest BCUT2D eigenvalue weighted by atomic mass is 10.2. The number of anilines is 1. The fourth-order valence-corrected chi connectivity index (χ4v) is 4.58. The Kier molecular flexibility index (Phi) is 6.86. The van der Waals surface area contributed by atoms with Crippen LogP contribution in [0.5, 0.6) is 11.5 Å². The van der Waals surface area contributed by atoms with Crippen LogP contribution in [-0.4, -0.2) is 30.5 Å². The van der Waals surface area contributed by atoms with E-state index in [4.69, 9.17) is 14.0 Å². The monoisotopic (exact) mass is 497 g/mol. The van der Waals surface area contributed by atoms with Gasteiger partial charge in [0.05, 0.1) is 25.6 Å². The zero-order valence-corrected chi connectivity index (χ0v) is 20.6. The average molecular weight is 498 g/mol. The summed E-state index contributed by atoms with van der Waals surface area (Å²) in [7, 11) is 3.21. The fraction of sp³-hybridized carbons (Fsp3) is 0.107. The molecule has 0 atom stereocenters. The summed E-state index contributed by atoms with van der Waals surface area (Å²) in [4.78, 5) is 19.8. The summed E-state index contributed by atoms with van der Waals surface area (Å²) < 4.78 is 16.1. The van der Waals surface area contributed by atoms with E-state index in [-0.39, 0.29) is 5.91 Å². The van der Waals surface area contributed by atoms with Crippen LogP contribution < -0.4 is 14.4 Å². The Morgan fingerprint density at radius 2 is 1.69 bits per heavy atom. The number of benzene rings is 3. The molecule has 4 aromatic rings. The second kappa shape index (κ2) is 10.5. The van der Waals surface area contributed by atoms with E-state index in [0.717, 1.165) is 22.6 Å². The molecular weight excluding hydrogens is 474 g/mol. The Morgan fingerprint density at radius 1 is 0.917 bits per heavy atom. The van der Waals surface area contributed by atoms with Crippen molar-refractivity contribution in [3.63, 3.8) is 0 Å². The van der Waals surface area contributed by atoms with Gasteiger partial charge in [-0.25, -0.2) is 4.99 Å². The molecule has 0 radical (unpaired) electrons. The lowest BCUT2D eigenvalue weighted by Gasteiger charge is -2.18. The standard InChI is InChI=1S/C28H23N3O4S/c1-33-23-13-11-19(12-14-23)15-25-27(32)31(22-9-6-10-24(17-22)34-2)28(29-25)36-18-21-16-26(35-30-21)20-7-4-3-5-8-20/h3-17H,18H2,1-2H3/b25-15-. The van der Waals surface area contributed by atoms with Crippen molar-refractivity contribution in [3.05, 3.63) is 102 Å². The Bertz CT molecular complexity index is 1430. The van der Waals surface area contributed by atoms with Crippen LogP contribution in [0.4, 0.5) is 5.69 Å². The van der Waals surface area contributed by atoms with Gasteiger partial charge in [0.1, 0.15) is 17.2 Å². The Labute approximate surface area is 213 Å². The highest BCUT2D eigenvalue weighted by Gasteiger charge is 2.32. The highest BCUT2D eigenvalue weighted by atomic mass is 32.2. The SMILES string of the molecule is COc1ccc(/C=C2\N=C(SCc3cc(-c4ccccc4)on3)N(c3cccc(OC)c3)C2=O)cc1. The lowest BCUT2D eigenvalue weighted by molar-refractivity contribution is -0.113. The number of nitrogens with zero attached hydrogens (tertiary/aromatic N) is 3. The number of aromatic nitrogens is 1. The Hall–Kier alpha value is -4.30. The van der Waals surface area contributed by atoms with Gasteiger partial charge in [-0.1, -0.05) is 65.4 Å². The van der Waals surface area contributed by atoms with Crippen LogP contribution in [0.15, 0.2) is 100 Å². The van der Waals surface area contributed by atoms with Gasteiger partial charge < -0.3 is 14.0 Å². The second-order valence-electron chi connectivity index (χ2n) is 7.88. The summed E-state index contributed by atoms with van der Waals surface area (Å²) in [5.74, 6) is 2.36. The van der Waals surface area contributed by atoms with Crippen molar-refractivity contribution >= 4 is 34.6 Å². The predicted octanol–water partition coefficient (Wildman–Crippen LogP) is 6.04. The molecule has 7 nitrogen and oxygen atoms in total. The molecule has 1 aliphatic heterocycles. The number of ether oxygens (including phenoxy) is 2. The Morgan fingerprint density at radius 3 is 2.44 bits per heavy atom. The van der Waals surface area contributed by atoms with E-state index in [1.54, 1.807) is 25.2 Å². The zero-order chi connectivity index (χ0) is 24.9. The molecule has 5 rings (SSSR count). The topological polar surface area (TPSA) is 77.2 Å². The summed E-state index contributed by atoms with van der Waals surface area (Å²) in [6, 6.07) is 26.5. The molecule has 0 unspecified atom stereocenters. The van der Waals surface area contributed by atoms with Gasteiger partial charge in [-0.15, -0.1) is 0 Å². The molecule has 1 aliphatic rings. The summed E-state index contributed by atoms with van der Waals surface area (Å²) in [5, 5.41) is 4.75. The molecule has 0 saturated carbocycles. The van der Waals surface area contributed by atoms with Crippen molar-refractivity contribution in [2.24, 2.45) is 4.99 Å². The number of hydrogen-bond donors (Lipinski definition) is 0. The number of methoxy groups -OCH3 is 2.